The molecule has 1 aromatic heterocycles. The van der Waals surface area contributed by atoms with Crippen LogP contribution in [0.4, 0.5) is 5.69 Å². The van der Waals surface area contributed by atoms with E-state index in [4.69, 9.17) is 4.74 Å². The number of morpholine rings is 1. The second-order valence-corrected chi connectivity index (χ2v) is 11.3. The minimum Gasteiger partial charge on any atom is -0.379 e. The number of carbonyl (C=O) groups is 1. The van der Waals surface area contributed by atoms with Gasteiger partial charge in [-0.05, 0) is 23.8 Å². The second kappa shape index (κ2) is 8.97. The summed E-state index contributed by atoms with van der Waals surface area (Å²) in [5.41, 5.74) is 3.03. The van der Waals surface area contributed by atoms with Gasteiger partial charge in [-0.3, -0.25) is 4.79 Å². The SMILES string of the molecule is CN1/C(=C\C(=O)CSc2ccc(S(=O)(=O)N3CCOCC3)cn2)C(C)(C)c2ccccc21. The van der Waals surface area contributed by atoms with Crippen molar-refractivity contribution in [3.63, 3.8) is 0 Å². The van der Waals surface area contributed by atoms with Gasteiger partial charge in [0.1, 0.15) is 4.90 Å². The summed E-state index contributed by atoms with van der Waals surface area (Å²) in [6.07, 6.45) is 3.07. The molecule has 1 fully saturated rings. The predicted molar refractivity (Wildman–Crippen MR) is 125 cm³/mol. The van der Waals surface area contributed by atoms with Crippen LogP contribution in [0.5, 0.6) is 0 Å². The van der Waals surface area contributed by atoms with E-state index in [0.29, 0.717) is 31.3 Å². The van der Waals surface area contributed by atoms with Crippen molar-refractivity contribution in [2.45, 2.75) is 29.2 Å². The van der Waals surface area contributed by atoms with Crippen LogP contribution >= 0.6 is 11.8 Å². The first-order valence-electron chi connectivity index (χ1n) is 10.5. The Morgan fingerprint density at radius 3 is 2.56 bits per heavy atom. The van der Waals surface area contributed by atoms with Crippen LogP contribution in [0, 0.1) is 0 Å². The number of anilines is 1. The third-order valence-electron chi connectivity index (χ3n) is 5.92. The van der Waals surface area contributed by atoms with E-state index in [1.807, 2.05) is 19.2 Å². The van der Waals surface area contributed by atoms with E-state index in [1.54, 1.807) is 18.2 Å². The molecular formula is C23H27N3O4S2. The van der Waals surface area contributed by atoms with Gasteiger partial charge in [0.2, 0.25) is 10.0 Å². The lowest BCUT2D eigenvalue weighted by atomic mass is 9.83. The van der Waals surface area contributed by atoms with Crippen molar-refractivity contribution in [1.29, 1.82) is 0 Å². The summed E-state index contributed by atoms with van der Waals surface area (Å²) in [4.78, 5) is 19.2. The van der Waals surface area contributed by atoms with E-state index in [2.05, 4.69) is 35.9 Å². The first-order chi connectivity index (χ1) is 15.2. The van der Waals surface area contributed by atoms with Gasteiger partial charge in [-0.2, -0.15) is 4.31 Å². The number of fused-ring (bicyclic) bond motifs is 1. The van der Waals surface area contributed by atoms with Crippen molar-refractivity contribution >= 4 is 33.3 Å². The van der Waals surface area contributed by atoms with Crippen molar-refractivity contribution in [2.75, 3.05) is 44.0 Å². The molecule has 0 bridgehead atoms. The lowest BCUT2D eigenvalue weighted by Crippen LogP contribution is -2.40. The van der Waals surface area contributed by atoms with Crippen molar-refractivity contribution in [3.8, 4) is 0 Å². The molecule has 2 aromatic rings. The van der Waals surface area contributed by atoms with Gasteiger partial charge in [0.05, 0.1) is 24.0 Å². The summed E-state index contributed by atoms with van der Waals surface area (Å²) in [5, 5.41) is 0.611. The Hall–Kier alpha value is -2.20. The molecule has 0 atom stereocenters. The summed E-state index contributed by atoms with van der Waals surface area (Å²) in [7, 11) is -1.59. The molecule has 0 radical (unpaired) electrons. The van der Waals surface area contributed by atoms with Gasteiger partial charge in [0.25, 0.3) is 0 Å². The number of hydrogen-bond donors (Lipinski definition) is 0. The number of aromatic nitrogens is 1. The molecule has 0 aliphatic carbocycles. The average molecular weight is 474 g/mol. The molecule has 3 heterocycles. The number of thioether (sulfide) groups is 1. The molecule has 7 nitrogen and oxygen atoms in total. The number of pyridine rings is 1. The smallest absolute Gasteiger partial charge is 0.244 e. The Bertz CT molecular complexity index is 1140. The zero-order valence-electron chi connectivity index (χ0n) is 18.4. The highest BCUT2D eigenvalue weighted by Crippen LogP contribution is 2.46. The maximum Gasteiger partial charge on any atom is 0.244 e. The molecule has 0 amide bonds. The molecule has 2 aliphatic heterocycles. The molecule has 9 heteroatoms. The quantitative estimate of drug-likeness (QED) is 0.471. The summed E-state index contributed by atoms with van der Waals surface area (Å²) >= 11 is 1.30. The van der Waals surface area contributed by atoms with Crippen molar-refractivity contribution in [3.05, 3.63) is 59.9 Å². The molecule has 1 aromatic carbocycles. The van der Waals surface area contributed by atoms with E-state index < -0.39 is 10.0 Å². The van der Waals surface area contributed by atoms with Crippen molar-refractivity contribution < 1.29 is 17.9 Å². The Morgan fingerprint density at radius 2 is 1.91 bits per heavy atom. The molecule has 32 heavy (non-hydrogen) atoms. The maximum atomic E-state index is 12.7. The fraction of sp³-hybridized carbons (Fsp3) is 0.391. The maximum absolute atomic E-state index is 12.7. The van der Waals surface area contributed by atoms with Gasteiger partial charge in [-0.15, -0.1) is 0 Å². The molecule has 0 N–H and O–H groups in total. The van der Waals surface area contributed by atoms with Gasteiger partial charge < -0.3 is 9.64 Å². The molecule has 0 saturated carbocycles. The number of sulfonamides is 1. The standard InChI is InChI=1S/C23H27N3O4S2/c1-23(2)19-6-4-5-7-20(19)25(3)21(23)14-17(27)16-31-22-9-8-18(15-24-22)32(28,29)26-10-12-30-13-11-26/h4-9,14-15H,10-13,16H2,1-3H3/b21-14-. The van der Waals surface area contributed by atoms with Crippen molar-refractivity contribution in [1.82, 2.24) is 9.29 Å². The molecule has 0 unspecified atom stereocenters. The largest absolute Gasteiger partial charge is 0.379 e. The third-order valence-corrected chi connectivity index (χ3v) is 8.77. The highest BCUT2D eigenvalue weighted by atomic mass is 32.2. The topological polar surface area (TPSA) is 79.8 Å². The number of ether oxygens (including phenoxy) is 1. The number of hydrogen-bond acceptors (Lipinski definition) is 7. The van der Waals surface area contributed by atoms with Crippen LogP contribution in [-0.2, 0) is 25.0 Å². The number of nitrogens with zero attached hydrogens (tertiary/aromatic N) is 3. The molecule has 2 aliphatic rings. The normalized spacial score (nSPS) is 19.8. The van der Waals surface area contributed by atoms with E-state index in [0.717, 1.165) is 11.4 Å². The number of allylic oxidation sites excluding steroid dienone is 2. The molecule has 1 saturated heterocycles. The van der Waals surface area contributed by atoms with Crippen LogP contribution in [0.2, 0.25) is 0 Å². The lowest BCUT2D eigenvalue weighted by molar-refractivity contribution is -0.112. The highest BCUT2D eigenvalue weighted by Gasteiger charge is 2.38. The van der Waals surface area contributed by atoms with E-state index >= 15 is 0 Å². The number of rotatable bonds is 6. The van der Waals surface area contributed by atoms with E-state index in [1.165, 1.54) is 27.8 Å². The summed E-state index contributed by atoms with van der Waals surface area (Å²) in [6.45, 7) is 5.73. The van der Waals surface area contributed by atoms with Gasteiger partial charge in [0, 0.05) is 49.2 Å². The van der Waals surface area contributed by atoms with Crippen LogP contribution in [0.3, 0.4) is 0 Å². The number of para-hydroxylation sites is 1. The minimum absolute atomic E-state index is 0.00968. The van der Waals surface area contributed by atoms with Crippen LogP contribution in [-0.4, -0.2) is 62.6 Å². The zero-order chi connectivity index (χ0) is 22.9. The molecule has 4 rings (SSSR count). The molecular weight excluding hydrogens is 446 g/mol. The van der Waals surface area contributed by atoms with Crippen LogP contribution in [0.1, 0.15) is 19.4 Å². The van der Waals surface area contributed by atoms with Crippen LogP contribution in [0.15, 0.2) is 64.3 Å². The van der Waals surface area contributed by atoms with Gasteiger partial charge in [-0.25, -0.2) is 13.4 Å². The number of carbonyl (C=O) groups excluding carboxylic acids is 1. The summed E-state index contributed by atoms with van der Waals surface area (Å²) < 4.78 is 32.0. The number of likely N-dealkylation sites (N-methyl/N-ethyl adjacent to an activating group) is 1. The lowest BCUT2D eigenvalue weighted by Gasteiger charge is -2.25. The second-order valence-electron chi connectivity index (χ2n) is 8.33. The Kier molecular flexibility index (Phi) is 6.44. The molecule has 0 spiro atoms. The van der Waals surface area contributed by atoms with Crippen LogP contribution < -0.4 is 4.90 Å². The average Bonchev–Trinajstić information content (AvgIpc) is 2.99. The first-order valence-corrected chi connectivity index (χ1v) is 12.9. The van der Waals surface area contributed by atoms with Gasteiger partial charge in [-0.1, -0.05) is 43.8 Å². The minimum atomic E-state index is -3.57. The van der Waals surface area contributed by atoms with E-state index in [9.17, 15) is 13.2 Å². The summed E-state index contributed by atoms with van der Waals surface area (Å²) in [5.74, 6) is 0.219. The molecule has 170 valence electrons. The Balaban J connectivity index is 1.42. The van der Waals surface area contributed by atoms with E-state index in [-0.39, 0.29) is 21.8 Å². The monoisotopic (exact) mass is 473 g/mol. The number of benzene rings is 1. The fourth-order valence-corrected chi connectivity index (χ4v) is 6.16. The number of ketones is 1. The first kappa shape index (κ1) is 23.0. The predicted octanol–water partition coefficient (Wildman–Crippen LogP) is 3.08. The Morgan fingerprint density at radius 1 is 1.19 bits per heavy atom. The van der Waals surface area contributed by atoms with Crippen molar-refractivity contribution in [2.24, 2.45) is 0 Å². The Labute approximate surface area is 193 Å². The third kappa shape index (κ3) is 4.34. The van der Waals surface area contributed by atoms with Gasteiger partial charge >= 0.3 is 0 Å². The zero-order valence-corrected chi connectivity index (χ0v) is 20.1. The fourth-order valence-electron chi connectivity index (χ4n) is 4.14. The van der Waals surface area contributed by atoms with Crippen LogP contribution in [0.25, 0.3) is 0 Å². The highest BCUT2D eigenvalue weighted by molar-refractivity contribution is 7.99. The summed E-state index contributed by atoms with van der Waals surface area (Å²) in [6, 6.07) is 11.4. The van der Waals surface area contributed by atoms with Gasteiger partial charge in [0.15, 0.2) is 5.78 Å².